The normalized spacial score (nSPS) is 14.5. The second-order valence-corrected chi connectivity index (χ2v) is 3.88. The lowest BCUT2D eigenvalue weighted by Crippen LogP contribution is -2.17. The van der Waals surface area contributed by atoms with E-state index in [0.29, 0.717) is 6.42 Å². The topological polar surface area (TPSA) is 121 Å². The van der Waals surface area contributed by atoms with Crippen LogP contribution in [0.4, 0.5) is 0 Å². The predicted octanol–water partition coefficient (Wildman–Crippen LogP) is -0.751. The number of hydrogen-bond donors (Lipinski definition) is 6. The lowest BCUT2D eigenvalue weighted by atomic mass is 10.3. The Balaban J connectivity index is -0.000000187. The van der Waals surface area contributed by atoms with Gasteiger partial charge in [-0.15, -0.1) is 0 Å². The zero-order chi connectivity index (χ0) is 15.0. The van der Waals surface area contributed by atoms with Crippen LogP contribution in [-0.2, 0) is 0 Å². The van der Waals surface area contributed by atoms with Crippen LogP contribution in [0.15, 0.2) is 0 Å². The van der Waals surface area contributed by atoms with E-state index in [1.54, 1.807) is 13.8 Å². The average Bonchev–Trinajstić information content (AvgIpc) is 2.36. The molecule has 0 rings (SSSR count). The van der Waals surface area contributed by atoms with E-state index in [9.17, 15) is 0 Å². The molecule has 0 aliphatic heterocycles. The van der Waals surface area contributed by atoms with Gasteiger partial charge in [-0.2, -0.15) is 0 Å². The Hall–Kier alpha value is -0.240. The first-order valence-corrected chi connectivity index (χ1v) is 6.23. The minimum absolute atomic E-state index is 0.115. The molecule has 0 fully saturated rings. The lowest BCUT2D eigenvalue weighted by molar-refractivity contribution is 0.0438. The van der Waals surface area contributed by atoms with Crippen LogP contribution >= 0.6 is 0 Å². The van der Waals surface area contributed by atoms with Gasteiger partial charge >= 0.3 is 0 Å². The summed E-state index contributed by atoms with van der Waals surface area (Å²) in [6, 6.07) is 0. The van der Waals surface area contributed by atoms with Crippen LogP contribution < -0.4 is 0 Å². The molecule has 0 radical (unpaired) electrons. The average molecular weight is 270 g/mol. The summed E-state index contributed by atoms with van der Waals surface area (Å²) in [7, 11) is 0. The van der Waals surface area contributed by atoms with E-state index in [0.717, 1.165) is 12.8 Å². The molecule has 0 saturated carbocycles. The van der Waals surface area contributed by atoms with Gasteiger partial charge in [0.2, 0.25) is 0 Å². The summed E-state index contributed by atoms with van der Waals surface area (Å²) in [5, 5.41) is 49.4. The van der Waals surface area contributed by atoms with Crippen molar-refractivity contribution in [1.29, 1.82) is 0 Å². The van der Waals surface area contributed by atoms with Crippen LogP contribution in [0, 0.1) is 0 Å². The van der Waals surface area contributed by atoms with Crippen molar-refractivity contribution in [3.05, 3.63) is 0 Å². The molecule has 6 N–H and O–H groups in total. The largest absolute Gasteiger partial charge is 0.396 e. The van der Waals surface area contributed by atoms with Crippen molar-refractivity contribution < 1.29 is 30.6 Å². The Labute approximate surface area is 110 Å². The molecule has 0 amide bonds. The molecule has 0 aliphatic carbocycles. The molecule has 3 atom stereocenters. The van der Waals surface area contributed by atoms with Gasteiger partial charge in [-0.05, 0) is 33.1 Å². The first-order valence-electron chi connectivity index (χ1n) is 6.23. The SMILES string of the molecule is CC(O)C(C)O.CCC(O)CO.OCCCCO. The molecule has 6 heteroatoms. The zero-order valence-electron chi connectivity index (χ0n) is 11.7. The van der Waals surface area contributed by atoms with Crippen LogP contribution in [0.5, 0.6) is 0 Å². The van der Waals surface area contributed by atoms with Crippen molar-refractivity contribution in [2.24, 2.45) is 0 Å². The van der Waals surface area contributed by atoms with Gasteiger partial charge in [-0.1, -0.05) is 6.92 Å². The van der Waals surface area contributed by atoms with Gasteiger partial charge in [0.1, 0.15) is 0 Å². The highest BCUT2D eigenvalue weighted by molar-refractivity contribution is 4.51. The molecular weight excluding hydrogens is 240 g/mol. The summed E-state index contributed by atoms with van der Waals surface area (Å²) in [5.74, 6) is 0. The fourth-order valence-electron chi connectivity index (χ4n) is 0.353. The number of unbranched alkanes of at least 4 members (excludes halogenated alkanes) is 1. The van der Waals surface area contributed by atoms with Gasteiger partial charge in [0.25, 0.3) is 0 Å². The Kier molecular flexibility index (Phi) is 24.3. The van der Waals surface area contributed by atoms with Crippen molar-refractivity contribution >= 4 is 0 Å². The van der Waals surface area contributed by atoms with Gasteiger partial charge in [0.05, 0.1) is 24.9 Å². The third kappa shape index (κ3) is 29.7. The maximum Gasteiger partial charge on any atom is 0.0768 e. The minimum Gasteiger partial charge on any atom is -0.396 e. The second kappa shape index (κ2) is 19.1. The maximum absolute atomic E-state index is 8.42. The maximum atomic E-state index is 8.42. The highest BCUT2D eigenvalue weighted by Crippen LogP contribution is 1.85. The molecule has 0 aromatic heterocycles. The molecule has 0 spiro atoms. The standard InChI is InChI=1S/3C4H10O2/c1-3(5)4(2)6;1-2-4(6)3-5;5-3-1-2-4-6/h3-6H,1-2H3;4-6H,2-3H2,1H3;5-6H,1-4H2. The molecule has 18 heavy (non-hydrogen) atoms. The monoisotopic (exact) mass is 270 g/mol. The molecular formula is C12H30O6. The zero-order valence-corrected chi connectivity index (χ0v) is 11.7. The first-order chi connectivity index (χ1) is 8.37. The number of aliphatic hydroxyl groups is 6. The number of aliphatic hydroxyl groups excluding tert-OH is 6. The molecule has 6 nitrogen and oxygen atoms in total. The summed E-state index contributed by atoms with van der Waals surface area (Å²) < 4.78 is 0. The fourth-order valence-corrected chi connectivity index (χ4v) is 0.353. The lowest BCUT2D eigenvalue weighted by Gasteiger charge is -2.03. The van der Waals surface area contributed by atoms with Crippen molar-refractivity contribution in [1.82, 2.24) is 0 Å². The van der Waals surface area contributed by atoms with Gasteiger partial charge in [-0.25, -0.2) is 0 Å². The summed E-state index contributed by atoms with van der Waals surface area (Å²) in [5.41, 5.74) is 0. The van der Waals surface area contributed by atoms with E-state index in [1.807, 2.05) is 6.92 Å². The Morgan fingerprint density at radius 3 is 1.17 bits per heavy atom. The van der Waals surface area contributed by atoms with Crippen LogP contribution in [0.3, 0.4) is 0 Å². The Morgan fingerprint density at radius 2 is 1.11 bits per heavy atom. The van der Waals surface area contributed by atoms with E-state index in [2.05, 4.69) is 0 Å². The van der Waals surface area contributed by atoms with E-state index < -0.39 is 18.3 Å². The third-order valence-corrected chi connectivity index (χ3v) is 1.95. The Bertz CT molecular complexity index is 116. The van der Waals surface area contributed by atoms with Crippen LogP contribution in [0.25, 0.3) is 0 Å². The second-order valence-electron chi connectivity index (χ2n) is 3.88. The summed E-state index contributed by atoms with van der Waals surface area (Å²) in [6.07, 6.45) is 0.378. The van der Waals surface area contributed by atoms with Gasteiger partial charge < -0.3 is 30.6 Å². The van der Waals surface area contributed by atoms with Gasteiger partial charge in [0.15, 0.2) is 0 Å². The molecule has 0 saturated heterocycles. The van der Waals surface area contributed by atoms with Crippen molar-refractivity contribution in [3.8, 4) is 0 Å². The number of hydrogen-bond acceptors (Lipinski definition) is 6. The summed E-state index contributed by atoms with van der Waals surface area (Å²) in [4.78, 5) is 0. The van der Waals surface area contributed by atoms with Crippen molar-refractivity contribution in [2.45, 2.75) is 58.3 Å². The van der Waals surface area contributed by atoms with Gasteiger partial charge in [0, 0.05) is 13.2 Å². The van der Waals surface area contributed by atoms with Crippen molar-refractivity contribution in [2.75, 3.05) is 19.8 Å². The highest BCUT2D eigenvalue weighted by Gasteiger charge is 1.99. The summed E-state index contributed by atoms with van der Waals surface area (Å²) >= 11 is 0. The molecule has 0 aliphatic rings. The summed E-state index contributed by atoms with van der Waals surface area (Å²) in [6.45, 7) is 5.19. The van der Waals surface area contributed by atoms with E-state index in [4.69, 9.17) is 30.6 Å². The van der Waals surface area contributed by atoms with E-state index in [1.165, 1.54) is 0 Å². The molecule has 0 bridgehead atoms. The van der Waals surface area contributed by atoms with E-state index in [-0.39, 0.29) is 19.8 Å². The quantitative estimate of drug-likeness (QED) is 0.353. The number of rotatable bonds is 6. The third-order valence-electron chi connectivity index (χ3n) is 1.95. The first kappa shape index (κ1) is 22.9. The minimum atomic E-state index is -0.593. The molecule has 114 valence electrons. The molecule has 0 aromatic carbocycles. The molecule has 0 heterocycles. The molecule has 0 aromatic rings. The Morgan fingerprint density at radius 1 is 0.778 bits per heavy atom. The van der Waals surface area contributed by atoms with Crippen LogP contribution in [0.2, 0.25) is 0 Å². The van der Waals surface area contributed by atoms with Crippen LogP contribution in [0.1, 0.15) is 40.0 Å². The van der Waals surface area contributed by atoms with Crippen LogP contribution in [-0.4, -0.2) is 68.8 Å². The van der Waals surface area contributed by atoms with E-state index >= 15 is 0 Å². The fraction of sp³-hybridized carbons (Fsp3) is 1.00. The highest BCUT2D eigenvalue weighted by atomic mass is 16.3. The predicted molar refractivity (Wildman–Crippen MR) is 70.2 cm³/mol. The molecule has 3 unspecified atom stereocenters. The van der Waals surface area contributed by atoms with Crippen molar-refractivity contribution in [3.63, 3.8) is 0 Å². The van der Waals surface area contributed by atoms with Gasteiger partial charge in [-0.3, -0.25) is 0 Å². The smallest absolute Gasteiger partial charge is 0.0768 e.